The molecule has 0 N–H and O–H groups in total. The van der Waals surface area contributed by atoms with Crippen molar-refractivity contribution in [3.8, 4) is 5.75 Å². The first kappa shape index (κ1) is 17.8. The van der Waals surface area contributed by atoms with Crippen molar-refractivity contribution in [2.24, 2.45) is 0 Å². The number of rotatable bonds is 7. The summed E-state index contributed by atoms with van der Waals surface area (Å²) in [5.74, 6) is 2.60. The van der Waals surface area contributed by atoms with Gasteiger partial charge in [0.15, 0.2) is 5.82 Å². The van der Waals surface area contributed by atoms with E-state index in [-0.39, 0.29) is 12.0 Å². The van der Waals surface area contributed by atoms with Gasteiger partial charge in [-0.15, -0.1) is 11.8 Å². The van der Waals surface area contributed by atoms with Crippen LogP contribution in [0.3, 0.4) is 0 Å². The fraction of sp³-hybridized carbons (Fsp3) is 0.529. The largest absolute Gasteiger partial charge is 0.496 e. The van der Waals surface area contributed by atoms with E-state index < -0.39 is 0 Å². The van der Waals surface area contributed by atoms with Crippen molar-refractivity contribution in [3.63, 3.8) is 0 Å². The topological polar surface area (TPSA) is 51.4 Å². The number of hydrogen-bond donors (Lipinski definition) is 0. The zero-order valence-electron chi connectivity index (χ0n) is 14.7. The fourth-order valence-electron chi connectivity index (χ4n) is 2.24. The maximum Gasteiger partial charge on any atom is 0.243 e. The Balaban J connectivity index is 2.09. The van der Waals surface area contributed by atoms with Crippen molar-refractivity contribution in [2.75, 3.05) is 20.4 Å². The van der Waals surface area contributed by atoms with E-state index in [1.807, 2.05) is 6.26 Å². The molecular formula is C17H25N3O2S. The van der Waals surface area contributed by atoms with Gasteiger partial charge in [-0.1, -0.05) is 25.1 Å². The molecule has 0 saturated heterocycles. The van der Waals surface area contributed by atoms with Crippen LogP contribution in [0, 0.1) is 0 Å². The summed E-state index contributed by atoms with van der Waals surface area (Å²) in [7, 11) is 3.76. The number of hydrogen-bond acceptors (Lipinski definition) is 6. The normalized spacial score (nSPS) is 12.9. The monoisotopic (exact) mass is 335 g/mol. The lowest BCUT2D eigenvalue weighted by Gasteiger charge is -2.22. The summed E-state index contributed by atoms with van der Waals surface area (Å²) in [5.41, 5.74) is 1.19. The van der Waals surface area contributed by atoms with Crippen LogP contribution in [0.25, 0.3) is 0 Å². The van der Waals surface area contributed by atoms with E-state index >= 15 is 0 Å². The van der Waals surface area contributed by atoms with Crippen LogP contribution in [0.5, 0.6) is 5.75 Å². The molecule has 1 atom stereocenters. The SMILES string of the molecule is COc1cc(CN(C)[C@@H](C)c2nc(C(C)C)no2)ccc1SC. The van der Waals surface area contributed by atoms with E-state index in [1.165, 1.54) is 5.56 Å². The van der Waals surface area contributed by atoms with Crippen molar-refractivity contribution < 1.29 is 9.26 Å². The minimum atomic E-state index is 0.0567. The molecule has 0 amide bonds. The molecule has 0 aliphatic heterocycles. The van der Waals surface area contributed by atoms with Gasteiger partial charge in [0.05, 0.1) is 13.2 Å². The van der Waals surface area contributed by atoms with Crippen LogP contribution >= 0.6 is 11.8 Å². The number of ether oxygens (including phenoxy) is 1. The summed E-state index contributed by atoms with van der Waals surface area (Å²) in [6.45, 7) is 6.97. The highest BCUT2D eigenvalue weighted by Gasteiger charge is 2.20. The van der Waals surface area contributed by atoms with E-state index in [4.69, 9.17) is 9.26 Å². The molecule has 1 aromatic heterocycles. The van der Waals surface area contributed by atoms with Gasteiger partial charge in [0.1, 0.15) is 5.75 Å². The molecule has 0 unspecified atom stereocenters. The number of aromatic nitrogens is 2. The van der Waals surface area contributed by atoms with Crippen molar-refractivity contribution in [3.05, 3.63) is 35.5 Å². The third kappa shape index (κ3) is 4.26. The lowest BCUT2D eigenvalue weighted by molar-refractivity contribution is 0.202. The van der Waals surface area contributed by atoms with Crippen LogP contribution in [0.4, 0.5) is 0 Å². The van der Waals surface area contributed by atoms with E-state index in [2.05, 4.69) is 61.1 Å². The summed E-state index contributed by atoms with van der Waals surface area (Å²) in [6.07, 6.45) is 2.05. The standard InChI is InChI=1S/C17H25N3O2S/c1-11(2)16-18-17(22-19-16)12(3)20(4)10-13-7-8-15(23-6)14(9-13)21-5/h7-9,11-12H,10H2,1-6H3/t12-/m0/s1. The van der Waals surface area contributed by atoms with Crippen LogP contribution in [0.15, 0.2) is 27.6 Å². The number of benzene rings is 1. The Kier molecular flexibility index (Phi) is 6.07. The van der Waals surface area contributed by atoms with Crippen molar-refractivity contribution in [1.82, 2.24) is 15.0 Å². The molecule has 23 heavy (non-hydrogen) atoms. The maximum atomic E-state index is 5.45. The Morgan fingerprint density at radius 1 is 1.30 bits per heavy atom. The summed E-state index contributed by atoms with van der Waals surface area (Å²) in [6, 6.07) is 6.37. The fourth-order valence-corrected chi connectivity index (χ4v) is 2.79. The van der Waals surface area contributed by atoms with Crippen LogP contribution in [0.1, 0.15) is 50.0 Å². The van der Waals surface area contributed by atoms with Crippen molar-refractivity contribution in [2.45, 2.75) is 44.2 Å². The summed E-state index contributed by atoms with van der Waals surface area (Å²) in [5, 5.41) is 4.04. The predicted molar refractivity (Wildman–Crippen MR) is 93.0 cm³/mol. The molecule has 0 aliphatic carbocycles. The molecule has 0 fully saturated rings. The smallest absolute Gasteiger partial charge is 0.243 e. The highest BCUT2D eigenvalue weighted by molar-refractivity contribution is 7.98. The van der Waals surface area contributed by atoms with E-state index in [1.54, 1.807) is 18.9 Å². The third-order valence-corrected chi connectivity index (χ3v) is 4.65. The molecule has 6 heteroatoms. The Hall–Kier alpha value is -1.53. The van der Waals surface area contributed by atoms with Crippen LogP contribution in [0.2, 0.25) is 0 Å². The molecule has 2 aromatic rings. The molecule has 0 bridgehead atoms. The zero-order valence-corrected chi connectivity index (χ0v) is 15.5. The Bertz CT molecular complexity index is 643. The van der Waals surface area contributed by atoms with Crippen LogP contribution < -0.4 is 4.74 Å². The minimum absolute atomic E-state index is 0.0567. The predicted octanol–water partition coefficient (Wildman–Crippen LogP) is 4.12. The summed E-state index contributed by atoms with van der Waals surface area (Å²) < 4.78 is 10.9. The quantitative estimate of drug-likeness (QED) is 0.710. The first-order chi connectivity index (χ1) is 11.0. The average molecular weight is 335 g/mol. The van der Waals surface area contributed by atoms with Crippen molar-refractivity contribution in [1.29, 1.82) is 0 Å². The molecule has 0 spiro atoms. The Morgan fingerprint density at radius 2 is 2.04 bits per heavy atom. The molecule has 126 valence electrons. The highest BCUT2D eigenvalue weighted by Crippen LogP contribution is 2.29. The molecule has 1 heterocycles. The molecular weight excluding hydrogens is 310 g/mol. The Morgan fingerprint density at radius 3 is 2.61 bits per heavy atom. The molecule has 0 radical (unpaired) electrons. The van der Waals surface area contributed by atoms with Gasteiger partial charge in [0, 0.05) is 17.4 Å². The summed E-state index contributed by atoms with van der Waals surface area (Å²) >= 11 is 1.68. The van der Waals surface area contributed by atoms with Gasteiger partial charge in [-0.3, -0.25) is 4.90 Å². The van der Waals surface area contributed by atoms with E-state index in [0.717, 1.165) is 23.0 Å². The van der Waals surface area contributed by atoms with Gasteiger partial charge in [0.2, 0.25) is 5.89 Å². The summed E-state index contributed by atoms with van der Waals surface area (Å²) in [4.78, 5) is 7.82. The van der Waals surface area contributed by atoms with Crippen LogP contribution in [-0.4, -0.2) is 35.5 Å². The van der Waals surface area contributed by atoms with Gasteiger partial charge < -0.3 is 9.26 Å². The van der Waals surface area contributed by atoms with Gasteiger partial charge in [0.25, 0.3) is 0 Å². The lowest BCUT2D eigenvalue weighted by Crippen LogP contribution is -2.22. The molecule has 0 saturated carbocycles. The third-order valence-electron chi connectivity index (χ3n) is 3.87. The van der Waals surface area contributed by atoms with E-state index in [0.29, 0.717) is 5.89 Å². The van der Waals surface area contributed by atoms with Crippen molar-refractivity contribution >= 4 is 11.8 Å². The number of nitrogens with zero attached hydrogens (tertiary/aromatic N) is 3. The molecule has 2 rings (SSSR count). The highest BCUT2D eigenvalue weighted by atomic mass is 32.2. The van der Waals surface area contributed by atoms with Crippen LogP contribution in [-0.2, 0) is 6.54 Å². The Labute approximate surface area is 142 Å². The average Bonchev–Trinajstić information content (AvgIpc) is 3.04. The maximum absolute atomic E-state index is 5.45. The number of methoxy groups -OCH3 is 1. The van der Waals surface area contributed by atoms with E-state index in [9.17, 15) is 0 Å². The van der Waals surface area contributed by atoms with Gasteiger partial charge in [-0.05, 0) is 37.9 Å². The number of thioether (sulfide) groups is 1. The molecule has 5 nitrogen and oxygen atoms in total. The second-order valence-electron chi connectivity index (χ2n) is 5.93. The van der Waals surface area contributed by atoms with Gasteiger partial charge in [-0.2, -0.15) is 4.98 Å². The molecule has 1 aromatic carbocycles. The molecule has 0 aliphatic rings. The second-order valence-corrected chi connectivity index (χ2v) is 6.77. The first-order valence-corrected chi connectivity index (χ1v) is 8.93. The second kappa shape index (κ2) is 7.84. The van der Waals surface area contributed by atoms with Gasteiger partial charge >= 0.3 is 0 Å². The van der Waals surface area contributed by atoms with Gasteiger partial charge in [-0.25, -0.2) is 0 Å². The first-order valence-electron chi connectivity index (χ1n) is 7.70. The zero-order chi connectivity index (χ0) is 17.0. The lowest BCUT2D eigenvalue weighted by atomic mass is 10.1. The minimum Gasteiger partial charge on any atom is -0.496 e.